The van der Waals surface area contributed by atoms with Crippen molar-refractivity contribution in [3.63, 3.8) is 0 Å². The second-order valence-electron chi connectivity index (χ2n) is 10.2. The van der Waals surface area contributed by atoms with Crippen LogP contribution in [0.1, 0.15) is 0 Å². The minimum atomic E-state index is 1.14. The van der Waals surface area contributed by atoms with Crippen LogP contribution < -0.4 is 4.90 Å². The van der Waals surface area contributed by atoms with E-state index >= 15 is 0 Å². The van der Waals surface area contributed by atoms with Crippen LogP contribution in [-0.2, 0) is 0 Å². The molecule has 40 heavy (non-hydrogen) atoms. The largest absolute Gasteiger partial charge is 0.310 e. The molecule has 0 atom stereocenters. The Balaban J connectivity index is 1.32. The quantitative estimate of drug-likeness (QED) is 0.220. The number of thiophene rings is 1. The second kappa shape index (κ2) is 9.37. The maximum atomic E-state index is 2.36. The lowest BCUT2D eigenvalue weighted by Gasteiger charge is -2.27. The summed E-state index contributed by atoms with van der Waals surface area (Å²) in [4.78, 5) is 2.36. The number of fused-ring (bicyclic) bond motifs is 6. The van der Waals surface area contributed by atoms with E-state index < -0.39 is 0 Å². The van der Waals surface area contributed by atoms with Crippen molar-refractivity contribution >= 4 is 70.1 Å². The molecular formula is C38H25NS. The highest BCUT2D eigenvalue weighted by molar-refractivity contribution is 7.26. The molecule has 2 heteroatoms. The van der Waals surface area contributed by atoms with Gasteiger partial charge in [0.2, 0.25) is 0 Å². The van der Waals surface area contributed by atoms with Gasteiger partial charge in [-0.2, -0.15) is 0 Å². The summed E-state index contributed by atoms with van der Waals surface area (Å²) in [5.41, 5.74) is 5.95. The number of para-hydroxylation sites is 1. The molecule has 0 amide bonds. The van der Waals surface area contributed by atoms with E-state index in [2.05, 4.69) is 157 Å². The van der Waals surface area contributed by atoms with E-state index in [0.717, 1.165) is 11.4 Å². The van der Waals surface area contributed by atoms with E-state index in [0.29, 0.717) is 0 Å². The molecule has 0 fully saturated rings. The molecule has 1 nitrogen and oxygen atoms in total. The maximum Gasteiger partial charge on any atom is 0.0540 e. The van der Waals surface area contributed by atoms with Crippen molar-refractivity contribution in [3.8, 4) is 11.1 Å². The van der Waals surface area contributed by atoms with Crippen molar-refractivity contribution in [3.05, 3.63) is 152 Å². The Hall–Kier alpha value is -4.92. The molecular weight excluding hydrogens is 502 g/mol. The fourth-order valence-electron chi connectivity index (χ4n) is 6.03. The Morgan fingerprint density at radius 3 is 1.95 bits per heavy atom. The fraction of sp³-hybridized carbons (Fsp3) is 0. The number of anilines is 3. The van der Waals surface area contributed by atoms with E-state index in [1.807, 2.05) is 11.3 Å². The first-order valence-corrected chi connectivity index (χ1v) is 14.4. The third-order valence-corrected chi connectivity index (χ3v) is 8.98. The van der Waals surface area contributed by atoms with Crippen LogP contribution in [0.3, 0.4) is 0 Å². The van der Waals surface area contributed by atoms with Gasteiger partial charge in [0, 0.05) is 36.9 Å². The first-order valence-electron chi connectivity index (χ1n) is 13.6. The first kappa shape index (κ1) is 23.0. The van der Waals surface area contributed by atoms with Crippen molar-refractivity contribution in [1.29, 1.82) is 0 Å². The van der Waals surface area contributed by atoms with Gasteiger partial charge < -0.3 is 4.90 Å². The molecule has 0 spiro atoms. The lowest BCUT2D eigenvalue weighted by atomic mass is 9.94. The van der Waals surface area contributed by atoms with Crippen LogP contribution in [0.5, 0.6) is 0 Å². The Kier molecular flexibility index (Phi) is 5.39. The van der Waals surface area contributed by atoms with E-state index in [-0.39, 0.29) is 0 Å². The molecule has 8 rings (SSSR count). The topological polar surface area (TPSA) is 3.24 Å². The van der Waals surface area contributed by atoms with Crippen molar-refractivity contribution in [1.82, 2.24) is 0 Å². The number of hydrogen-bond donors (Lipinski definition) is 0. The van der Waals surface area contributed by atoms with Crippen molar-refractivity contribution in [2.45, 2.75) is 0 Å². The van der Waals surface area contributed by atoms with Crippen LogP contribution in [0.2, 0.25) is 0 Å². The van der Waals surface area contributed by atoms with Gasteiger partial charge in [0.05, 0.1) is 5.69 Å². The van der Waals surface area contributed by atoms with Crippen molar-refractivity contribution in [2.24, 2.45) is 0 Å². The average Bonchev–Trinajstić information content (AvgIpc) is 3.41. The molecule has 1 aromatic heterocycles. The standard InChI is InChI=1S/C38H25NS/c1-2-13-29(14-3-1)39(34-18-9-11-26-10-4-5-15-31(26)34)30-23-20-27(21-24-30)32-17-8-12-28-22-25-36-38(37(28)32)33-16-6-7-19-35(33)40-36/h1-25H. The van der Waals surface area contributed by atoms with Crippen LogP contribution in [0.15, 0.2) is 152 Å². The van der Waals surface area contributed by atoms with Gasteiger partial charge in [-0.1, -0.05) is 109 Å². The summed E-state index contributed by atoms with van der Waals surface area (Å²) >= 11 is 1.88. The van der Waals surface area contributed by atoms with Gasteiger partial charge in [-0.05, 0) is 69.8 Å². The van der Waals surface area contributed by atoms with E-state index in [1.165, 1.54) is 58.5 Å². The van der Waals surface area contributed by atoms with Crippen LogP contribution >= 0.6 is 11.3 Å². The molecule has 0 aliphatic rings. The minimum Gasteiger partial charge on any atom is -0.310 e. The molecule has 0 saturated carbocycles. The molecule has 0 aliphatic heterocycles. The van der Waals surface area contributed by atoms with E-state index in [1.54, 1.807) is 0 Å². The average molecular weight is 528 g/mol. The first-order chi connectivity index (χ1) is 19.8. The zero-order valence-electron chi connectivity index (χ0n) is 21.8. The zero-order chi connectivity index (χ0) is 26.5. The molecule has 188 valence electrons. The Morgan fingerprint density at radius 2 is 1.07 bits per heavy atom. The third-order valence-electron chi connectivity index (χ3n) is 7.84. The Morgan fingerprint density at radius 1 is 0.400 bits per heavy atom. The monoisotopic (exact) mass is 527 g/mol. The van der Waals surface area contributed by atoms with E-state index in [9.17, 15) is 0 Å². The van der Waals surface area contributed by atoms with Crippen molar-refractivity contribution in [2.75, 3.05) is 4.90 Å². The normalized spacial score (nSPS) is 11.5. The third kappa shape index (κ3) is 3.69. The van der Waals surface area contributed by atoms with Crippen LogP contribution in [0, 0.1) is 0 Å². The van der Waals surface area contributed by atoms with Crippen LogP contribution in [0.25, 0.3) is 52.8 Å². The molecule has 0 radical (unpaired) electrons. The highest BCUT2D eigenvalue weighted by Crippen LogP contribution is 2.43. The summed E-state index contributed by atoms with van der Waals surface area (Å²) in [6.45, 7) is 0. The summed E-state index contributed by atoms with van der Waals surface area (Å²) in [6.07, 6.45) is 0. The molecule has 7 aromatic carbocycles. The van der Waals surface area contributed by atoms with Gasteiger partial charge in [0.15, 0.2) is 0 Å². The molecule has 0 unspecified atom stereocenters. The van der Waals surface area contributed by atoms with Gasteiger partial charge >= 0.3 is 0 Å². The smallest absolute Gasteiger partial charge is 0.0540 e. The van der Waals surface area contributed by atoms with Gasteiger partial charge in [-0.3, -0.25) is 0 Å². The Labute approximate surface area is 237 Å². The summed E-state index contributed by atoms with van der Waals surface area (Å²) in [6, 6.07) is 54.9. The van der Waals surface area contributed by atoms with Crippen LogP contribution in [0.4, 0.5) is 17.1 Å². The second-order valence-corrected chi connectivity index (χ2v) is 11.2. The SMILES string of the molecule is c1ccc(N(c2ccc(-c3cccc4ccc5sc6ccccc6c5c34)cc2)c2cccc3ccccc23)cc1. The summed E-state index contributed by atoms with van der Waals surface area (Å²) in [5.74, 6) is 0. The minimum absolute atomic E-state index is 1.14. The predicted octanol–water partition coefficient (Wildman–Crippen LogP) is 11.5. The summed E-state index contributed by atoms with van der Waals surface area (Å²) in [7, 11) is 0. The highest BCUT2D eigenvalue weighted by Gasteiger charge is 2.16. The zero-order valence-corrected chi connectivity index (χ0v) is 22.6. The fourth-order valence-corrected chi connectivity index (χ4v) is 7.15. The van der Waals surface area contributed by atoms with Gasteiger partial charge in [-0.25, -0.2) is 0 Å². The van der Waals surface area contributed by atoms with Crippen molar-refractivity contribution < 1.29 is 0 Å². The summed E-state index contributed by atoms with van der Waals surface area (Å²) < 4.78 is 2.67. The Bertz CT molecular complexity index is 2150. The van der Waals surface area contributed by atoms with E-state index in [4.69, 9.17) is 0 Å². The van der Waals surface area contributed by atoms with Gasteiger partial charge in [-0.15, -0.1) is 11.3 Å². The number of benzene rings is 7. The van der Waals surface area contributed by atoms with Crippen LogP contribution in [-0.4, -0.2) is 0 Å². The van der Waals surface area contributed by atoms with Gasteiger partial charge in [0.25, 0.3) is 0 Å². The van der Waals surface area contributed by atoms with Gasteiger partial charge in [0.1, 0.15) is 0 Å². The maximum absolute atomic E-state index is 2.36. The molecule has 8 aromatic rings. The molecule has 0 aliphatic carbocycles. The molecule has 0 N–H and O–H groups in total. The molecule has 0 saturated heterocycles. The molecule has 1 heterocycles. The number of nitrogens with zero attached hydrogens (tertiary/aromatic N) is 1. The highest BCUT2D eigenvalue weighted by atomic mass is 32.1. The number of hydrogen-bond acceptors (Lipinski definition) is 2. The lowest BCUT2D eigenvalue weighted by Crippen LogP contribution is -2.10. The molecule has 0 bridgehead atoms. The summed E-state index contributed by atoms with van der Waals surface area (Å²) in [5, 5.41) is 7.78. The lowest BCUT2D eigenvalue weighted by molar-refractivity contribution is 1.30. The number of rotatable bonds is 4. The predicted molar refractivity (Wildman–Crippen MR) is 174 cm³/mol.